The van der Waals surface area contributed by atoms with Gasteiger partial charge in [-0.1, -0.05) is 95.8 Å². The van der Waals surface area contributed by atoms with Gasteiger partial charge in [0, 0.05) is 5.56 Å². The quantitative estimate of drug-likeness (QED) is 0.267. The van der Waals surface area contributed by atoms with Crippen LogP contribution in [0.5, 0.6) is 0 Å². The minimum Gasteiger partial charge on any atom is -0.365 e. The first-order valence-corrected chi connectivity index (χ1v) is 13.6. The Balaban J connectivity index is 1.97. The van der Waals surface area contributed by atoms with Crippen LogP contribution in [0.2, 0.25) is 10.0 Å². The molecule has 0 aliphatic heterocycles. The third kappa shape index (κ3) is 9.74. The molecule has 1 amide bonds. The lowest BCUT2D eigenvalue weighted by molar-refractivity contribution is -0.124. The summed E-state index contributed by atoms with van der Waals surface area (Å²) in [5, 5.41) is 3.62. The summed E-state index contributed by atoms with van der Waals surface area (Å²) < 4.78 is 6.67. The lowest BCUT2D eigenvalue weighted by Gasteiger charge is -2.38. The molecule has 0 saturated heterocycles. The van der Waals surface area contributed by atoms with Gasteiger partial charge in [-0.3, -0.25) is 9.78 Å². The summed E-state index contributed by atoms with van der Waals surface area (Å²) in [7, 11) is 0. The topological polar surface area (TPSA) is 51.2 Å². The van der Waals surface area contributed by atoms with E-state index in [1.54, 1.807) is 24.4 Å². The molecule has 194 valence electrons. The number of amides is 1. The van der Waals surface area contributed by atoms with E-state index in [1.807, 2.05) is 12.1 Å². The number of unbranched alkanes of at least 4 members (excludes halogenated alkanes) is 6. The van der Waals surface area contributed by atoms with Crippen LogP contribution in [0.1, 0.15) is 109 Å². The number of carbonyl (C=O) groups is 1. The number of ether oxygens (including phenoxy) is 1. The van der Waals surface area contributed by atoms with Crippen LogP contribution in [0.4, 0.5) is 5.69 Å². The van der Waals surface area contributed by atoms with Crippen molar-refractivity contribution in [2.45, 2.75) is 105 Å². The summed E-state index contributed by atoms with van der Waals surface area (Å²) in [4.78, 5) is 17.2. The molecule has 1 unspecified atom stereocenters. The van der Waals surface area contributed by atoms with E-state index in [0.29, 0.717) is 21.3 Å². The Morgan fingerprint density at radius 2 is 1.60 bits per heavy atom. The summed E-state index contributed by atoms with van der Waals surface area (Å²) in [6.07, 6.45) is 11.9. The molecule has 0 aliphatic rings. The highest BCUT2D eigenvalue weighted by atomic mass is 35.5. The molecule has 0 spiro atoms. The highest BCUT2D eigenvalue weighted by molar-refractivity contribution is 6.42. The minimum atomic E-state index is -0.550. The van der Waals surface area contributed by atoms with E-state index in [0.717, 1.165) is 12.1 Å². The molecular formula is C29H42Cl2N2O2. The van der Waals surface area contributed by atoms with Crippen LogP contribution in [-0.4, -0.2) is 17.0 Å². The van der Waals surface area contributed by atoms with Crippen LogP contribution in [0.15, 0.2) is 36.5 Å². The van der Waals surface area contributed by atoms with Crippen LogP contribution in [0.3, 0.4) is 0 Å². The van der Waals surface area contributed by atoms with Crippen LogP contribution in [0.25, 0.3) is 0 Å². The van der Waals surface area contributed by atoms with Crippen molar-refractivity contribution in [3.8, 4) is 0 Å². The Bertz CT molecular complexity index is 937. The first-order valence-electron chi connectivity index (χ1n) is 12.8. The van der Waals surface area contributed by atoms with Gasteiger partial charge < -0.3 is 10.1 Å². The first kappa shape index (κ1) is 29.6. The number of hydrogen-bond acceptors (Lipinski definition) is 3. The second-order valence-corrected chi connectivity index (χ2v) is 11.7. The SMILES string of the molecule is CCCCCCCCCC(OC(C)(C)c1ccc(NC(=O)c2ccc(Cl)c(Cl)c2)cn1)C(C)(C)C. The standard InChI is InChI=1S/C29H42Cl2N2O2/c1-7-8-9-10-11-12-13-14-26(28(2,3)4)35-29(5,6)25-18-16-22(20-32-25)33-27(34)21-15-17-23(30)24(31)19-21/h15-20,26H,7-14H2,1-6H3,(H,33,34). The van der Waals surface area contributed by atoms with Crippen molar-refractivity contribution in [2.24, 2.45) is 5.41 Å². The number of nitrogens with zero attached hydrogens (tertiary/aromatic N) is 1. The minimum absolute atomic E-state index is 0.0350. The molecule has 1 aromatic carbocycles. The number of hydrogen-bond donors (Lipinski definition) is 1. The van der Waals surface area contributed by atoms with Gasteiger partial charge in [0.25, 0.3) is 5.91 Å². The molecule has 0 aliphatic carbocycles. The highest BCUT2D eigenvalue weighted by Crippen LogP contribution is 2.34. The predicted octanol–water partition coefficient (Wildman–Crippen LogP) is 9.45. The zero-order valence-corrected chi connectivity index (χ0v) is 23.7. The van der Waals surface area contributed by atoms with Crippen molar-refractivity contribution in [1.82, 2.24) is 4.98 Å². The summed E-state index contributed by atoms with van der Waals surface area (Å²) in [6.45, 7) is 13.1. The van der Waals surface area contributed by atoms with Gasteiger partial charge in [-0.25, -0.2) is 0 Å². The maximum absolute atomic E-state index is 12.5. The number of anilines is 1. The van der Waals surface area contributed by atoms with Gasteiger partial charge in [-0.2, -0.15) is 0 Å². The Kier molecular flexibility index (Phi) is 11.5. The monoisotopic (exact) mass is 520 g/mol. The molecule has 0 bridgehead atoms. The molecule has 35 heavy (non-hydrogen) atoms. The maximum atomic E-state index is 12.5. The van der Waals surface area contributed by atoms with E-state index in [1.165, 1.54) is 44.9 Å². The average molecular weight is 522 g/mol. The lowest BCUT2D eigenvalue weighted by Crippen LogP contribution is -2.37. The van der Waals surface area contributed by atoms with Gasteiger partial charge in [0.1, 0.15) is 5.60 Å². The number of nitrogens with one attached hydrogen (secondary N) is 1. The molecule has 0 radical (unpaired) electrons. The molecule has 2 rings (SSSR count). The van der Waals surface area contributed by atoms with Gasteiger partial charge in [-0.05, 0) is 56.0 Å². The summed E-state index contributed by atoms with van der Waals surface area (Å²) >= 11 is 12.0. The van der Waals surface area contributed by atoms with Gasteiger partial charge in [-0.15, -0.1) is 0 Å². The Hall–Kier alpha value is -1.62. The number of rotatable bonds is 13. The average Bonchev–Trinajstić information content (AvgIpc) is 2.79. The van der Waals surface area contributed by atoms with Gasteiger partial charge in [0.05, 0.1) is 33.7 Å². The molecule has 4 nitrogen and oxygen atoms in total. The fourth-order valence-corrected chi connectivity index (χ4v) is 4.33. The summed E-state index contributed by atoms with van der Waals surface area (Å²) in [6, 6.07) is 8.57. The Labute approximate surface area is 222 Å². The smallest absolute Gasteiger partial charge is 0.255 e. The second kappa shape index (κ2) is 13.6. The van der Waals surface area contributed by atoms with Crippen LogP contribution < -0.4 is 5.32 Å². The molecule has 2 aromatic rings. The number of halogens is 2. The number of benzene rings is 1. The van der Waals surface area contributed by atoms with E-state index in [-0.39, 0.29) is 17.4 Å². The molecule has 1 atom stereocenters. The van der Waals surface area contributed by atoms with Crippen molar-refractivity contribution in [3.63, 3.8) is 0 Å². The highest BCUT2D eigenvalue weighted by Gasteiger charge is 2.33. The number of aromatic nitrogens is 1. The van der Waals surface area contributed by atoms with E-state index >= 15 is 0 Å². The summed E-state index contributed by atoms with van der Waals surface area (Å²) in [5.74, 6) is -0.267. The van der Waals surface area contributed by atoms with E-state index in [9.17, 15) is 4.79 Å². The number of pyridine rings is 1. The van der Waals surface area contributed by atoms with E-state index in [2.05, 4.69) is 51.8 Å². The zero-order chi connectivity index (χ0) is 26.1. The Morgan fingerprint density at radius 1 is 0.943 bits per heavy atom. The number of carbonyl (C=O) groups excluding carboxylic acids is 1. The largest absolute Gasteiger partial charge is 0.365 e. The predicted molar refractivity (Wildman–Crippen MR) is 149 cm³/mol. The van der Waals surface area contributed by atoms with Crippen LogP contribution in [0, 0.1) is 5.41 Å². The normalized spacial score (nSPS) is 13.0. The van der Waals surface area contributed by atoms with Crippen molar-refractivity contribution in [3.05, 3.63) is 57.8 Å². The molecule has 6 heteroatoms. The van der Waals surface area contributed by atoms with Crippen molar-refractivity contribution >= 4 is 34.8 Å². The second-order valence-electron chi connectivity index (χ2n) is 10.9. The first-order chi connectivity index (χ1) is 16.4. The van der Waals surface area contributed by atoms with E-state index in [4.69, 9.17) is 27.9 Å². The molecule has 1 aromatic heterocycles. The maximum Gasteiger partial charge on any atom is 0.255 e. The zero-order valence-electron chi connectivity index (χ0n) is 22.2. The molecule has 1 heterocycles. The summed E-state index contributed by atoms with van der Waals surface area (Å²) in [5.41, 5.74) is 1.36. The molecular weight excluding hydrogens is 479 g/mol. The van der Waals surface area contributed by atoms with Gasteiger partial charge in [0.15, 0.2) is 0 Å². The van der Waals surface area contributed by atoms with Crippen LogP contribution >= 0.6 is 23.2 Å². The van der Waals surface area contributed by atoms with Crippen molar-refractivity contribution in [2.75, 3.05) is 5.32 Å². The molecule has 1 N–H and O–H groups in total. The Morgan fingerprint density at radius 3 is 2.17 bits per heavy atom. The lowest BCUT2D eigenvalue weighted by atomic mass is 9.85. The van der Waals surface area contributed by atoms with Crippen LogP contribution in [-0.2, 0) is 10.3 Å². The van der Waals surface area contributed by atoms with Gasteiger partial charge in [0.2, 0.25) is 0 Å². The van der Waals surface area contributed by atoms with Crippen molar-refractivity contribution in [1.29, 1.82) is 0 Å². The molecule has 0 fully saturated rings. The van der Waals surface area contributed by atoms with Gasteiger partial charge >= 0.3 is 0 Å². The van der Waals surface area contributed by atoms with E-state index < -0.39 is 5.60 Å². The molecule has 0 saturated carbocycles. The third-order valence-electron chi connectivity index (χ3n) is 6.29. The fraction of sp³-hybridized carbons (Fsp3) is 0.586. The third-order valence-corrected chi connectivity index (χ3v) is 7.03. The van der Waals surface area contributed by atoms with Crippen molar-refractivity contribution < 1.29 is 9.53 Å². The fourth-order valence-electron chi connectivity index (χ4n) is 4.04.